The monoisotopic (exact) mass is 598 g/mol. The minimum absolute atomic E-state index is 0.0157. The van der Waals surface area contributed by atoms with E-state index in [4.69, 9.17) is 15.2 Å². The van der Waals surface area contributed by atoms with Gasteiger partial charge in [-0.15, -0.1) is 0 Å². The summed E-state index contributed by atoms with van der Waals surface area (Å²) >= 11 is 0. The van der Waals surface area contributed by atoms with Crippen molar-refractivity contribution in [3.8, 4) is 11.1 Å². The van der Waals surface area contributed by atoms with Gasteiger partial charge in [0.05, 0.1) is 18.8 Å². The van der Waals surface area contributed by atoms with Gasteiger partial charge in [0.2, 0.25) is 0 Å². The fraction of sp³-hybridized carbons (Fsp3) is 0.250. The van der Waals surface area contributed by atoms with Gasteiger partial charge in [0.1, 0.15) is 0 Å². The van der Waals surface area contributed by atoms with Crippen molar-refractivity contribution in [2.24, 2.45) is 11.7 Å². The zero-order valence-corrected chi connectivity index (χ0v) is 25.8. The van der Waals surface area contributed by atoms with Gasteiger partial charge in [-0.2, -0.15) is 0 Å². The highest BCUT2D eigenvalue weighted by molar-refractivity contribution is 5.65. The zero-order chi connectivity index (χ0) is 31.0. The lowest BCUT2D eigenvalue weighted by Crippen LogP contribution is -2.44. The van der Waals surface area contributed by atoms with E-state index < -0.39 is 6.29 Å². The van der Waals surface area contributed by atoms with Gasteiger partial charge in [-0.25, -0.2) is 0 Å². The molecule has 5 aromatic carbocycles. The number of aliphatic hydroxyl groups is 1. The number of nitrogens with zero attached hydrogens (tertiary/aromatic N) is 1. The van der Waals surface area contributed by atoms with Crippen LogP contribution in [-0.4, -0.2) is 22.7 Å². The summed E-state index contributed by atoms with van der Waals surface area (Å²) in [6.07, 6.45) is -0.814. The molecule has 45 heavy (non-hydrogen) atoms. The fourth-order valence-electron chi connectivity index (χ4n) is 6.19. The predicted molar refractivity (Wildman–Crippen MR) is 180 cm³/mol. The van der Waals surface area contributed by atoms with Crippen molar-refractivity contribution in [3.63, 3.8) is 0 Å². The number of aliphatic hydroxyl groups excluding tert-OH is 1. The highest BCUT2D eigenvalue weighted by Crippen LogP contribution is 2.42. The first kappa shape index (κ1) is 30.9. The first-order chi connectivity index (χ1) is 22.1. The van der Waals surface area contributed by atoms with Gasteiger partial charge >= 0.3 is 0 Å². The molecule has 6 rings (SSSR count). The van der Waals surface area contributed by atoms with Crippen LogP contribution in [0, 0.1) is 5.92 Å². The number of hydrogen-bond acceptors (Lipinski definition) is 5. The second-order valence-electron chi connectivity index (χ2n) is 12.0. The largest absolute Gasteiger partial charge is 0.392 e. The van der Waals surface area contributed by atoms with Crippen molar-refractivity contribution in [1.29, 1.82) is 0 Å². The normalized spacial score (nSPS) is 19.9. The molecule has 0 aromatic heterocycles. The second-order valence-corrected chi connectivity index (χ2v) is 12.0. The van der Waals surface area contributed by atoms with Crippen LogP contribution in [0.5, 0.6) is 0 Å². The van der Waals surface area contributed by atoms with Crippen LogP contribution >= 0.6 is 0 Å². The molecule has 5 aromatic rings. The number of rotatable bonds is 11. The molecule has 230 valence electrons. The maximum Gasteiger partial charge on any atom is 0.184 e. The third kappa shape index (κ3) is 7.77. The summed E-state index contributed by atoms with van der Waals surface area (Å²) in [5.41, 5.74) is 14.8. The highest BCUT2D eigenvalue weighted by atomic mass is 16.7. The molecule has 1 saturated heterocycles. The summed E-state index contributed by atoms with van der Waals surface area (Å²) in [6, 6.07) is 46.2. The molecule has 5 heteroatoms. The number of ether oxygens (including phenoxy) is 2. The SMILES string of the molecule is CC1C(CN(Cc2ccccc2)Cc2ccccc2)OC(c2cccc(-c3cccc(CN)c3)c2)OC1c1ccc(CO)cc1. The minimum atomic E-state index is -0.540. The molecule has 0 aliphatic carbocycles. The van der Waals surface area contributed by atoms with E-state index in [1.807, 2.05) is 12.1 Å². The Labute approximate surface area is 266 Å². The quantitative estimate of drug-likeness (QED) is 0.162. The molecule has 0 saturated carbocycles. The van der Waals surface area contributed by atoms with E-state index in [-0.39, 0.29) is 24.7 Å². The van der Waals surface area contributed by atoms with E-state index in [1.54, 1.807) is 0 Å². The van der Waals surface area contributed by atoms with Crippen molar-refractivity contribution >= 4 is 0 Å². The van der Waals surface area contributed by atoms with E-state index in [2.05, 4.69) is 133 Å². The van der Waals surface area contributed by atoms with E-state index in [0.717, 1.165) is 53.0 Å². The summed E-state index contributed by atoms with van der Waals surface area (Å²) in [4.78, 5) is 2.48. The van der Waals surface area contributed by atoms with Crippen LogP contribution in [0.25, 0.3) is 11.1 Å². The number of hydrogen-bond donors (Lipinski definition) is 2. The van der Waals surface area contributed by atoms with E-state index in [1.165, 1.54) is 11.1 Å². The van der Waals surface area contributed by atoms with Gasteiger partial charge in [0, 0.05) is 37.7 Å². The maximum atomic E-state index is 9.65. The molecule has 1 aliphatic rings. The topological polar surface area (TPSA) is 68.0 Å². The van der Waals surface area contributed by atoms with Crippen molar-refractivity contribution in [1.82, 2.24) is 4.90 Å². The molecule has 5 nitrogen and oxygen atoms in total. The standard InChI is InChI=1S/C40H42N2O3/c1-29-38(27-42(25-30-10-4-2-5-11-30)26-31-12-6-3-7-13-31)44-40(45-39(29)34-20-18-32(28-43)19-21-34)37-17-9-16-36(23-37)35-15-8-14-33(22-35)24-41/h2-23,29,38-40,43H,24-28,41H2,1H3. The van der Waals surface area contributed by atoms with Gasteiger partial charge in [0.15, 0.2) is 6.29 Å². The minimum Gasteiger partial charge on any atom is -0.392 e. The first-order valence-corrected chi connectivity index (χ1v) is 15.8. The van der Waals surface area contributed by atoms with Crippen LogP contribution in [0.15, 0.2) is 133 Å². The van der Waals surface area contributed by atoms with Gasteiger partial charge in [-0.05, 0) is 51.1 Å². The van der Waals surface area contributed by atoms with Gasteiger partial charge in [0.25, 0.3) is 0 Å². The Morgan fingerprint density at radius 3 is 1.84 bits per heavy atom. The molecule has 1 fully saturated rings. The molecule has 1 aliphatic heterocycles. The Hall–Kier alpha value is -4.10. The lowest BCUT2D eigenvalue weighted by atomic mass is 9.89. The Morgan fingerprint density at radius 2 is 1.22 bits per heavy atom. The second kappa shape index (κ2) is 14.8. The van der Waals surface area contributed by atoms with Crippen molar-refractivity contribution in [3.05, 3.63) is 167 Å². The molecule has 4 unspecified atom stereocenters. The van der Waals surface area contributed by atoms with Crippen molar-refractivity contribution in [2.75, 3.05) is 6.54 Å². The number of benzene rings is 5. The lowest BCUT2D eigenvalue weighted by Gasteiger charge is -2.43. The van der Waals surface area contributed by atoms with Crippen LogP contribution in [0.1, 0.15) is 52.7 Å². The average Bonchev–Trinajstić information content (AvgIpc) is 3.10. The smallest absolute Gasteiger partial charge is 0.184 e. The number of nitrogens with two attached hydrogens (primary N) is 1. The van der Waals surface area contributed by atoms with Crippen LogP contribution in [0.3, 0.4) is 0 Å². The van der Waals surface area contributed by atoms with Crippen LogP contribution in [-0.2, 0) is 35.7 Å². The van der Waals surface area contributed by atoms with E-state index in [0.29, 0.717) is 6.54 Å². The first-order valence-electron chi connectivity index (χ1n) is 15.8. The predicted octanol–water partition coefficient (Wildman–Crippen LogP) is 7.80. The van der Waals surface area contributed by atoms with E-state index >= 15 is 0 Å². The van der Waals surface area contributed by atoms with Crippen molar-refractivity contribution < 1.29 is 14.6 Å². The van der Waals surface area contributed by atoms with Crippen LogP contribution < -0.4 is 5.73 Å². The van der Waals surface area contributed by atoms with Gasteiger partial charge in [-0.3, -0.25) is 4.90 Å². The van der Waals surface area contributed by atoms with Gasteiger partial charge < -0.3 is 20.3 Å². The summed E-state index contributed by atoms with van der Waals surface area (Å²) in [6.45, 7) is 5.12. The summed E-state index contributed by atoms with van der Waals surface area (Å²) in [5.74, 6) is 0.0830. The lowest BCUT2D eigenvalue weighted by molar-refractivity contribution is -0.276. The third-order valence-electron chi connectivity index (χ3n) is 8.71. The summed E-state index contributed by atoms with van der Waals surface area (Å²) in [7, 11) is 0. The Balaban J connectivity index is 1.32. The Kier molecular flexibility index (Phi) is 10.2. The Bertz CT molecular complexity index is 1600. The zero-order valence-electron chi connectivity index (χ0n) is 25.8. The molecule has 1 heterocycles. The molecule has 0 amide bonds. The average molecular weight is 599 g/mol. The van der Waals surface area contributed by atoms with Crippen LogP contribution in [0.4, 0.5) is 0 Å². The molecule has 0 radical (unpaired) electrons. The molecular formula is C40H42N2O3. The van der Waals surface area contributed by atoms with E-state index in [9.17, 15) is 5.11 Å². The summed E-state index contributed by atoms with van der Waals surface area (Å²) in [5, 5.41) is 9.65. The fourth-order valence-corrected chi connectivity index (χ4v) is 6.19. The molecule has 0 spiro atoms. The van der Waals surface area contributed by atoms with Crippen LogP contribution in [0.2, 0.25) is 0 Å². The third-order valence-corrected chi connectivity index (χ3v) is 8.71. The molecular weight excluding hydrogens is 556 g/mol. The summed E-state index contributed by atoms with van der Waals surface area (Å²) < 4.78 is 13.7. The Morgan fingerprint density at radius 1 is 0.622 bits per heavy atom. The van der Waals surface area contributed by atoms with Gasteiger partial charge in [-0.1, -0.05) is 128 Å². The highest BCUT2D eigenvalue weighted by Gasteiger charge is 2.39. The molecule has 0 bridgehead atoms. The molecule has 3 N–H and O–H groups in total. The van der Waals surface area contributed by atoms with Crippen molar-refractivity contribution in [2.45, 2.75) is 51.7 Å². The molecule has 4 atom stereocenters. The maximum absolute atomic E-state index is 9.65.